The van der Waals surface area contributed by atoms with Gasteiger partial charge in [-0.15, -0.1) is 5.10 Å². The lowest BCUT2D eigenvalue weighted by atomic mass is 9.99. The van der Waals surface area contributed by atoms with E-state index in [9.17, 15) is 19.0 Å². The number of piperidine rings is 1. The van der Waals surface area contributed by atoms with Crippen molar-refractivity contribution >= 4 is 16.3 Å². The van der Waals surface area contributed by atoms with E-state index in [0.717, 1.165) is 12.1 Å². The van der Waals surface area contributed by atoms with Crippen LogP contribution in [0.4, 0.5) is 8.78 Å². The Bertz CT molecular complexity index is 966. The summed E-state index contributed by atoms with van der Waals surface area (Å²) in [5.41, 5.74) is 0.542. The van der Waals surface area contributed by atoms with Gasteiger partial charge in [-0.2, -0.15) is 4.52 Å². The fourth-order valence-corrected chi connectivity index (χ4v) is 4.61. The standard InChI is InChI=1S/C18H20F2N4O2S/c1-2-14-21-18-24(22-14)17(26)16(27-18)15(23-7-5-11(25)6-8-23)10-3-4-12(19)13(20)9-10/h3-4,9,11,15,25-26H,2,5-8H2,1H3/t15-/m0/s1. The van der Waals surface area contributed by atoms with Gasteiger partial charge in [0.05, 0.1) is 17.0 Å². The zero-order valence-electron chi connectivity index (χ0n) is 14.8. The van der Waals surface area contributed by atoms with Crippen LogP contribution in [0.1, 0.15) is 42.1 Å². The SMILES string of the molecule is CCc1nc2sc([C@H](c3ccc(F)c(F)c3)N3CCC(O)CC3)c(O)n2n1. The zero-order valence-corrected chi connectivity index (χ0v) is 15.6. The molecule has 27 heavy (non-hydrogen) atoms. The van der Waals surface area contributed by atoms with Gasteiger partial charge in [0.15, 0.2) is 17.5 Å². The van der Waals surface area contributed by atoms with Crippen LogP contribution < -0.4 is 0 Å². The quantitative estimate of drug-likeness (QED) is 0.712. The number of fused-ring (bicyclic) bond motifs is 1. The van der Waals surface area contributed by atoms with Gasteiger partial charge in [-0.3, -0.25) is 4.90 Å². The number of aromatic nitrogens is 3. The van der Waals surface area contributed by atoms with Gasteiger partial charge in [-0.05, 0) is 30.5 Å². The molecule has 0 unspecified atom stereocenters. The van der Waals surface area contributed by atoms with Crippen LogP contribution in [0.2, 0.25) is 0 Å². The van der Waals surface area contributed by atoms with Crippen LogP contribution in [0, 0.1) is 11.6 Å². The zero-order chi connectivity index (χ0) is 19.1. The van der Waals surface area contributed by atoms with E-state index in [-0.39, 0.29) is 12.0 Å². The van der Waals surface area contributed by atoms with Crippen molar-refractivity contribution in [1.82, 2.24) is 19.5 Å². The summed E-state index contributed by atoms with van der Waals surface area (Å²) in [6.45, 7) is 3.09. The van der Waals surface area contributed by atoms with Gasteiger partial charge < -0.3 is 10.2 Å². The molecule has 2 aromatic heterocycles. The number of benzene rings is 1. The average Bonchev–Trinajstić information content (AvgIpc) is 3.19. The number of halogens is 2. The summed E-state index contributed by atoms with van der Waals surface area (Å²) in [6.07, 6.45) is 1.46. The highest BCUT2D eigenvalue weighted by Gasteiger charge is 2.32. The molecule has 0 radical (unpaired) electrons. The van der Waals surface area contributed by atoms with Crippen LogP contribution >= 0.6 is 11.3 Å². The molecule has 1 atom stereocenters. The first-order chi connectivity index (χ1) is 13.0. The van der Waals surface area contributed by atoms with Crippen molar-refractivity contribution in [1.29, 1.82) is 0 Å². The molecule has 1 aliphatic rings. The van der Waals surface area contributed by atoms with Crippen LogP contribution in [-0.2, 0) is 6.42 Å². The van der Waals surface area contributed by atoms with E-state index in [1.807, 2.05) is 6.92 Å². The summed E-state index contributed by atoms with van der Waals surface area (Å²) in [6, 6.07) is 3.32. The van der Waals surface area contributed by atoms with Crippen LogP contribution in [-0.4, -0.2) is 48.9 Å². The second-order valence-electron chi connectivity index (χ2n) is 6.71. The molecule has 1 aromatic carbocycles. The molecule has 1 aliphatic heterocycles. The molecule has 3 heterocycles. The summed E-state index contributed by atoms with van der Waals surface area (Å²) in [5.74, 6) is -1.25. The number of aromatic hydroxyl groups is 1. The topological polar surface area (TPSA) is 73.9 Å². The van der Waals surface area contributed by atoms with Crippen molar-refractivity contribution in [2.45, 2.75) is 38.3 Å². The predicted molar refractivity (Wildman–Crippen MR) is 96.9 cm³/mol. The van der Waals surface area contributed by atoms with Crippen molar-refractivity contribution in [2.75, 3.05) is 13.1 Å². The second-order valence-corrected chi connectivity index (χ2v) is 7.72. The molecule has 4 rings (SSSR count). The lowest BCUT2D eigenvalue weighted by Crippen LogP contribution is -2.38. The smallest absolute Gasteiger partial charge is 0.230 e. The number of nitrogens with zero attached hydrogens (tertiary/aromatic N) is 4. The largest absolute Gasteiger partial charge is 0.492 e. The average molecular weight is 394 g/mol. The van der Waals surface area contributed by atoms with Gasteiger partial charge >= 0.3 is 0 Å². The van der Waals surface area contributed by atoms with Crippen LogP contribution in [0.5, 0.6) is 5.88 Å². The molecular formula is C18H20F2N4O2S. The van der Waals surface area contributed by atoms with Gasteiger partial charge in [0.25, 0.3) is 0 Å². The normalized spacial score (nSPS) is 17.6. The monoisotopic (exact) mass is 394 g/mol. The molecule has 0 amide bonds. The van der Waals surface area contributed by atoms with Crippen LogP contribution in [0.15, 0.2) is 18.2 Å². The van der Waals surface area contributed by atoms with Gasteiger partial charge in [0.1, 0.15) is 0 Å². The number of aliphatic hydroxyl groups is 1. The Kier molecular flexibility index (Phi) is 4.83. The molecule has 1 saturated heterocycles. The van der Waals surface area contributed by atoms with E-state index in [1.165, 1.54) is 21.9 Å². The van der Waals surface area contributed by atoms with Crippen LogP contribution in [0.3, 0.4) is 0 Å². The number of aryl methyl sites for hydroxylation is 1. The summed E-state index contributed by atoms with van der Waals surface area (Å²) < 4.78 is 28.7. The first kappa shape index (κ1) is 18.3. The Morgan fingerprint density at radius 1 is 1.26 bits per heavy atom. The third kappa shape index (κ3) is 3.30. The summed E-state index contributed by atoms with van der Waals surface area (Å²) >= 11 is 1.29. The van der Waals surface area contributed by atoms with Crippen molar-refractivity contribution in [3.8, 4) is 5.88 Å². The Balaban J connectivity index is 1.80. The second kappa shape index (κ2) is 7.14. The third-order valence-corrected chi connectivity index (χ3v) is 6.00. The summed E-state index contributed by atoms with van der Waals surface area (Å²) in [4.78, 5) is 7.59. The maximum absolute atomic E-state index is 13.9. The Morgan fingerprint density at radius 3 is 2.63 bits per heavy atom. The maximum Gasteiger partial charge on any atom is 0.230 e. The number of likely N-dealkylation sites (tertiary alicyclic amines) is 1. The van der Waals surface area contributed by atoms with Gasteiger partial charge in [0, 0.05) is 19.5 Å². The van der Waals surface area contributed by atoms with Crippen molar-refractivity contribution < 1.29 is 19.0 Å². The van der Waals surface area contributed by atoms with Crippen molar-refractivity contribution in [3.05, 3.63) is 46.1 Å². The highest BCUT2D eigenvalue weighted by atomic mass is 32.1. The molecular weight excluding hydrogens is 374 g/mol. The van der Waals surface area contributed by atoms with E-state index in [0.29, 0.717) is 53.6 Å². The molecule has 0 saturated carbocycles. The lowest BCUT2D eigenvalue weighted by molar-refractivity contribution is 0.0688. The van der Waals surface area contributed by atoms with E-state index in [2.05, 4.69) is 15.0 Å². The number of thiazole rings is 1. The highest BCUT2D eigenvalue weighted by Crippen LogP contribution is 2.41. The van der Waals surface area contributed by atoms with E-state index in [1.54, 1.807) is 0 Å². The van der Waals surface area contributed by atoms with E-state index >= 15 is 0 Å². The summed E-state index contributed by atoms with van der Waals surface area (Å²) in [5, 5.41) is 24.9. The predicted octanol–water partition coefficient (Wildman–Crippen LogP) is 2.88. The minimum atomic E-state index is -0.929. The molecule has 2 N–H and O–H groups in total. The minimum Gasteiger partial charge on any atom is -0.492 e. The molecule has 0 aliphatic carbocycles. The number of hydrogen-bond donors (Lipinski definition) is 2. The molecule has 6 nitrogen and oxygen atoms in total. The number of hydrogen-bond acceptors (Lipinski definition) is 6. The van der Waals surface area contributed by atoms with Crippen LogP contribution in [0.25, 0.3) is 4.96 Å². The van der Waals surface area contributed by atoms with Gasteiger partial charge in [0.2, 0.25) is 10.8 Å². The van der Waals surface area contributed by atoms with E-state index in [4.69, 9.17) is 0 Å². The van der Waals surface area contributed by atoms with Crippen molar-refractivity contribution in [2.24, 2.45) is 0 Å². The highest BCUT2D eigenvalue weighted by molar-refractivity contribution is 7.17. The fourth-order valence-electron chi connectivity index (χ4n) is 3.47. The molecule has 3 aromatic rings. The molecule has 0 spiro atoms. The summed E-state index contributed by atoms with van der Waals surface area (Å²) in [7, 11) is 0. The maximum atomic E-state index is 13.9. The Labute approximate surface area is 158 Å². The molecule has 144 valence electrons. The first-order valence-electron chi connectivity index (χ1n) is 8.92. The fraction of sp³-hybridized carbons (Fsp3) is 0.444. The molecule has 9 heteroatoms. The molecule has 0 bridgehead atoms. The number of aliphatic hydroxyl groups excluding tert-OH is 1. The Morgan fingerprint density at radius 2 is 2.00 bits per heavy atom. The van der Waals surface area contributed by atoms with E-state index < -0.39 is 17.7 Å². The number of rotatable bonds is 4. The van der Waals surface area contributed by atoms with Gasteiger partial charge in [-0.1, -0.05) is 24.3 Å². The molecule has 1 fully saturated rings. The van der Waals surface area contributed by atoms with Gasteiger partial charge in [-0.25, -0.2) is 13.8 Å². The minimum absolute atomic E-state index is 0.0388. The Hall–Kier alpha value is -2.10. The lowest BCUT2D eigenvalue weighted by Gasteiger charge is -2.36. The first-order valence-corrected chi connectivity index (χ1v) is 9.74. The van der Waals surface area contributed by atoms with Crippen molar-refractivity contribution in [3.63, 3.8) is 0 Å². The third-order valence-electron chi connectivity index (χ3n) is 4.93.